The Morgan fingerprint density at radius 1 is 1.10 bits per heavy atom. The lowest BCUT2D eigenvalue weighted by atomic mass is 10.0. The molecule has 7 nitrogen and oxygen atoms in total. The molecule has 0 unspecified atom stereocenters. The molecular formula is C23H25FN4O3. The van der Waals surface area contributed by atoms with Crippen LogP contribution < -0.4 is 5.56 Å². The van der Waals surface area contributed by atoms with E-state index in [0.29, 0.717) is 43.7 Å². The van der Waals surface area contributed by atoms with Crippen molar-refractivity contribution in [2.24, 2.45) is 0 Å². The number of aliphatic hydroxyl groups excluding tert-OH is 1. The van der Waals surface area contributed by atoms with Crippen molar-refractivity contribution >= 4 is 16.7 Å². The smallest absolute Gasteiger partial charge is 0.272 e. The molecule has 3 aromatic rings. The highest BCUT2D eigenvalue weighted by Crippen LogP contribution is 2.20. The molecule has 0 bridgehead atoms. The first kappa shape index (κ1) is 21.1. The van der Waals surface area contributed by atoms with Crippen LogP contribution in [0, 0.1) is 5.82 Å². The van der Waals surface area contributed by atoms with Crippen LogP contribution in [0.15, 0.2) is 47.3 Å². The Morgan fingerprint density at radius 2 is 1.90 bits per heavy atom. The van der Waals surface area contributed by atoms with Gasteiger partial charge in [0.05, 0.1) is 23.3 Å². The normalized spacial score (nSPS) is 15.2. The van der Waals surface area contributed by atoms with Crippen molar-refractivity contribution in [3.05, 3.63) is 75.5 Å². The number of amides is 1. The Hall–Kier alpha value is -3.10. The van der Waals surface area contributed by atoms with E-state index in [1.807, 2.05) is 12.1 Å². The number of aliphatic hydroxyl groups is 1. The summed E-state index contributed by atoms with van der Waals surface area (Å²) in [4.78, 5) is 28.8. The fourth-order valence-corrected chi connectivity index (χ4v) is 4.06. The zero-order valence-electron chi connectivity index (χ0n) is 17.2. The van der Waals surface area contributed by atoms with Crippen LogP contribution in [-0.2, 0) is 6.42 Å². The molecule has 0 radical (unpaired) electrons. The number of β-amino-alcohol motifs (C(OH)–C–C–N with tert-alkyl or cyclic N) is 1. The third-order valence-electron chi connectivity index (χ3n) is 5.70. The molecule has 31 heavy (non-hydrogen) atoms. The molecule has 1 amide bonds. The fraction of sp³-hybridized carbons (Fsp3) is 0.348. The van der Waals surface area contributed by atoms with Gasteiger partial charge in [-0.25, -0.2) is 9.49 Å². The average molecular weight is 424 g/mol. The summed E-state index contributed by atoms with van der Waals surface area (Å²) in [5.74, 6) is -0.881. The number of nitrogens with zero attached hydrogens (tertiary/aromatic N) is 3. The van der Waals surface area contributed by atoms with E-state index in [1.54, 1.807) is 29.2 Å². The molecular weight excluding hydrogens is 399 g/mol. The van der Waals surface area contributed by atoms with Crippen molar-refractivity contribution < 1.29 is 14.3 Å². The van der Waals surface area contributed by atoms with Gasteiger partial charge in [-0.15, -0.1) is 0 Å². The lowest BCUT2D eigenvalue weighted by Gasteiger charge is -2.22. The maximum absolute atomic E-state index is 14.6. The second-order valence-corrected chi connectivity index (χ2v) is 7.75. The summed E-state index contributed by atoms with van der Waals surface area (Å²) in [6.07, 6.45) is 1.14. The van der Waals surface area contributed by atoms with E-state index in [4.69, 9.17) is 5.11 Å². The summed E-state index contributed by atoms with van der Waals surface area (Å²) in [5.41, 5.74) is 1.19. The van der Waals surface area contributed by atoms with Crippen molar-refractivity contribution in [2.75, 3.05) is 39.3 Å². The Labute approximate surface area is 179 Å². The van der Waals surface area contributed by atoms with Gasteiger partial charge in [0.1, 0.15) is 5.82 Å². The van der Waals surface area contributed by atoms with E-state index in [2.05, 4.69) is 15.1 Å². The minimum Gasteiger partial charge on any atom is -0.395 e. The number of carbonyl (C=O) groups is 1. The summed E-state index contributed by atoms with van der Waals surface area (Å²) in [6.45, 7) is 3.16. The van der Waals surface area contributed by atoms with E-state index < -0.39 is 5.82 Å². The van der Waals surface area contributed by atoms with Crippen LogP contribution in [0.25, 0.3) is 10.8 Å². The number of aromatic nitrogens is 2. The zero-order valence-corrected chi connectivity index (χ0v) is 17.2. The highest BCUT2D eigenvalue weighted by molar-refractivity contribution is 5.94. The highest BCUT2D eigenvalue weighted by Gasteiger charge is 2.23. The highest BCUT2D eigenvalue weighted by atomic mass is 19.1. The van der Waals surface area contributed by atoms with Gasteiger partial charge in [-0.05, 0) is 36.7 Å². The predicted molar refractivity (Wildman–Crippen MR) is 116 cm³/mol. The van der Waals surface area contributed by atoms with Crippen LogP contribution in [0.1, 0.15) is 28.0 Å². The first-order valence-corrected chi connectivity index (χ1v) is 10.4. The zero-order chi connectivity index (χ0) is 21.8. The van der Waals surface area contributed by atoms with Gasteiger partial charge in [0, 0.05) is 38.0 Å². The van der Waals surface area contributed by atoms with Gasteiger partial charge in [0.25, 0.3) is 11.5 Å². The van der Waals surface area contributed by atoms with Gasteiger partial charge in [0.2, 0.25) is 0 Å². The topological polar surface area (TPSA) is 89.5 Å². The third-order valence-corrected chi connectivity index (χ3v) is 5.70. The minimum absolute atomic E-state index is 0.0434. The lowest BCUT2D eigenvalue weighted by molar-refractivity contribution is 0.0755. The molecule has 1 fully saturated rings. The molecule has 0 spiro atoms. The molecule has 1 saturated heterocycles. The van der Waals surface area contributed by atoms with Gasteiger partial charge in [-0.1, -0.05) is 24.3 Å². The molecule has 1 aliphatic heterocycles. The van der Waals surface area contributed by atoms with Gasteiger partial charge in [-0.3, -0.25) is 14.5 Å². The van der Waals surface area contributed by atoms with Gasteiger partial charge in [-0.2, -0.15) is 5.10 Å². The Kier molecular flexibility index (Phi) is 6.39. The van der Waals surface area contributed by atoms with E-state index in [-0.39, 0.29) is 23.6 Å². The molecule has 1 aliphatic rings. The first-order valence-electron chi connectivity index (χ1n) is 10.4. The van der Waals surface area contributed by atoms with Crippen LogP contribution in [0.4, 0.5) is 4.39 Å². The number of H-pyrrole nitrogens is 1. The lowest BCUT2D eigenvalue weighted by Crippen LogP contribution is -2.36. The number of aromatic amines is 1. The van der Waals surface area contributed by atoms with Gasteiger partial charge in [0.15, 0.2) is 0 Å². The number of nitrogens with one attached hydrogen (secondary N) is 1. The standard InChI is InChI=1S/C23H25FN4O3/c24-20-7-6-16(15-21-17-4-1-2-5-18(17)22(30)26-25-21)14-19(20)23(31)28-9-3-8-27(10-11-28)12-13-29/h1-2,4-7,14,29H,3,8-13,15H2,(H,26,30). The molecule has 2 aromatic carbocycles. The quantitative estimate of drug-likeness (QED) is 0.652. The predicted octanol–water partition coefficient (Wildman–Crippen LogP) is 1.79. The number of benzene rings is 2. The maximum Gasteiger partial charge on any atom is 0.272 e. The van der Waals surface area contributed by atoms with Crippen LogP contribution >= 0.6 is 0 Å². The summed E-state index contributed by atoms with van der Waals surface area (Å²) in [5, 5.41) is 17.1. The van der Waals surface area contributed by atoms with Crippen molar-refractivity contribution in [3.8, 4) is 0 Å². The SMILES string of the molecule is O=C(c1cc(Cc2n[nH]c(=O)c3ccccc23)ccc1F)N1CCCN(CCO)CC1. The van der Waals surface area contributed by atoms with E-state index >= 15 is 0 Å². The van der Waals surface area contributed by atoms with Crippen molar-refractivity contribution in [1.29, 1.82) is 0 Å². The molecule has 1 aromatic heterocycles. The number of hydrogen-bond acceptors (Lipinski definition) is 5. The summed E-state index contributed by atoms with van der Waals surface area (Å²) in [7, 11) is 0. The molecule has 0 aliphatic carbocycles. The third kappa shape index (κ3) is 4.65. The van der Waals surface area contributed by atoms with E-state index in [9.17, 15) is 14.0 Å². The van der Waals surface area contributed by atoms with Crippen LogP contribution in [-0.4, -0.2) is 70.3 Å². The number of hydrogen-bond donors (Lipinski definition) is 2. The van der Waals surface area contributed by atoms with Crippen LogP contribution in [0.3, 0.4) is 0 Å². The van der Waals surface area contributed by atoms with Crippen LogP contribution in [0.2, 0.25) is 0 Å². The van der Waals surface area contributed by atoms with Crippen LogP contribution in [0.5, 0.6) is 0 Å². The Morgan fingerprint density at radius 3 is 2.71 bits per heavy atom. The van der Waals surface area contributed by atoms with Crippen molar-refractivity contribution in [3.63, 3.8) is 0 Å². The first-order chi connectivity index (χ1) is 15.1. The van der Waals surface area contributed by atoms with E-state index in [1.165, 1.54) is 6.07 Å². The molecule has 2 heterocycles. The van der Waals surface area contributed by atoms with Gasteiger partial charge >= 0.3 is 0 Å². The molecule has 2 N–H and O–H groups in total. The molecule has 0 saturated carbocycles. The Bertz CT molecular complexity index is 1150. The summed E-state index contributed by atoms with van der Waals surface area (Å²) < 4.78 is 14.6. The van der Waals surface area contributed by atoms with Gasteiger partial charge < -0.3 is 10.0 Å². The number of fused-ring (bicyclic) bond motifs is 1. The summed E-state index contributed by atoms with van der Waals surface area (Å²) in [6, 6.07) is 11.7. The monoisotopic (exact) mass is 424 g/mol. The largest absolute Gasteiger partial charge is 0.395 e. The minimum atomic E-state index is -0.551. The number of halogens is 1. The number of rotatable bonds is 5. The summed E-state index contributed by atoms with van der Waals surface area (Å²) >= 11 is 0. The average Bonchev–Trinajstić information content (AvgIpc) is 3.03. The Balaban J connectivity index is 1.57. The molecule has 4 rings (SSSR count). The van der Waals surface area contributed by atoms with Crippen molar-refractivity contribution in [1.82, 2.24) is 20.0 Å². The second kappa shape index (κ2) is 9.36. The van der Waals surface area contributed by atoms with E-state index in [0.717, 1.165) is 23.9 Å². The molecule has 8 heteroatoms. The molecule has 0 atom stereocenters. The fourth-order valence-electron chi connectivity index (χ4n) is 4.06. The number of carbonyl (C=O) groups excluding carboxylic acids is 1. The molecule has 162 valence electrons. The second-order valence-electron chi connectivity index (χ2n) is 7.75. The maximum atomic E-state index is 14.6. The van der Waals surface area contributed by atoms with Crippen molar-refractivity contribution in [2.45, 2.75) is 12.8 Å².